The number of benzene rings is 1. The van der Waals surface area contributed by atoms with Gasteiger partial charge in [0.2, 0.25) is 0 Å². The molecule has 0 aliphatic carbocycles. The molecule has 0 radical (unpaired) electrons. The maximum Gasteiger partial charge on any atom is 0.130 e. The van der Waals surface area contributed by atoms with Gasteiger partial charge < -0.3 is 4.79 Å². The summed E-state index contributed by atoms with van der Waals surface area (Å²) in [5.41, 5.74) is 5.91. The summed E-state index contributed by atoms with van der Waals surface area (Å²) in [5.74, 6) is 0.900. The van der Waals surface area contributed by atoms with Crippen molar-refractivity contribution in [1.29, 1.82) is 0 Å². The molecule has 3 nitrogen and oxygen atoms in total. The molecule has 3 heteroatoms. The largest absolute Gasteiger partial charge is 0.300 e. The quantitative estimate of drug-likeness (QED) is 0.851. The Bertz CT molecular complexity index is 647. The molecule has 104 valence electrons. The highest BCUT2D eigenvalue weighted by Gasteiger charge is 2.08. The molecule has 0 N–H and O–H groups in total. The summed E-state index contributed by atoms with van der Waals surface area (Å²) in [7, 11) is 0. The van der Waals surface area contributed by atoms with Gasteiger partial charge in [-0.1, -0.05) is 12.1 Å². The van der Waals surface area contributed by atoms with Crippen LogP contribution in [-0.4, -0.2) is 15.8 Å². The molecule has 2 rings (SSSR count). The minimum absolute atomic E-state index is 0.168. The van der Waals surface area contributed by atoms with Crippen LogP contribution in [0.25, 0.3) is 11.3 Å². The number of hydrogen-bond donors (Lipinski definition) is 0. The normalized spacial score (nSPS) is 10.6. The molecule has 0 atom stereocenters. The van der Waals surface area contributed by atoms with Crippen molar-refractivity contribution in [3.8, 4) is 11.3 Å². The number of aryl methyl sites for hydroxylation is 2. The van der Waals surface area contributed by atoms with E-state index in [1.165, 1.54) is 16.7 Å². The molecule has 0 bridgehead atoms. The highest BCUT2D eigenvalue weighted by Crippen LogP contribution is 2.25. The topological polar surface area (TPSA) is 42.9 Å². The van der Waals surface area contributed by atoms with Crippen LogP contribution in [-0.2, 0) is 11.2 Å². The maximum absolute atomic E-state index is 11.1. The lowest BCUT2D eigenvalue weighted by Gasteiger charge is -2.11. The van der Waals surface area contributed by atoms with E-state index in [0.717, 1.165) is 17.1 Å². The van der Waals surface area contributed by atoms with Gasteiger partial charge in [-0.15, -0.1) is 0 Å². The molecule has 0 unspecified atom stereocenters. The molecule has 0 saturated heterocycles. The van der Waals surface area contributed by atoms with Crippen LogP contribution >= 0.6 is 0 Å². The molecule has 2 aromatic rings. The molecule has 1 heterocycles. The Kier molecular flexibility index (Phi) is 4.28. The van der Waals surface area contributed by atoms with E-state index < -0.39 is 0 Å². The van der Waals surface area contributed by atoms with Crippen molar-refractivity contribution >= 4 is 5.78 Å². The highest BCUT2D eigenvalue weighted by atomic mass is 16.1. The third kappa shape index (κ3) is 3.10. The second kappa shape index (κ2) is 5.95. The van der Waals surface area contributed by atoms with Gasteiger partial charge in [-0.25, -0.2) is 9.97 Å². The highest BCUT2D eigenvalue weighted by molar-refractivity contribution is 5.75. The number of Topliss-reactive ketones (excluding diaryl/α,β-unsaturated/α-hetero) is 1. The Hall–Kier alpha value is -2.03. The molecule has 20 heavy (non-hydrogen) atoms. The lowest BCUT2D eigenvalue weighted by Crippen LogP contribution is -2.01. The summed E-state index contributed by atoms with van der Waals surface area (Å²) in [6, 6.07) is 6.15. The Balaban J connectivity index is 2.36. The van der Waals surface area contributed by atoms with Crippen LogP contribution in [0.15, 0.2) is 24.4 Å². The van der Waals surface area contributed by atoms with Crippen molar-refractivity contribution < 1.29 is 4.79 Å². The summed E-state index contributed by atoms with van der Waals surface area (Å²) in [6.45, 7) is 7.96. The third-order valence-corrected chi connectivity index (χ3v) is 3.74. The van der Waals surface area contributed by atoms with E-state index in [9.17, 15) is 4.79 Å². The van der Waals surface area contributed by atoms with Gasteiger partial charge in [0.25, 0.3) is 0 Å². The Morgan fingerprint density at radius 3 is 2.55 bits per heavy atom. The molecule has 1 aromatic heterocycles. The van der Waals surface area contributed by atoms with E-state index in [0.29, 0.717) is 12.8 Å². The van der Waals surface area contributed by atoms with Gasteiger partial charge in [-0.3, -0.25) is 0 Å². The average molecular weight is 268 g/mol. The summed E-state index contributed by atoms with van der Waals surface area (Å²) in [6.07, 6.45) is 2.87. The molecule has 0 aliphatic rings. The summed E-state index contributed by atoms with van der Waals surface area (Å²) in [4.78, 5) is 19.9. The molecule has 1 aromatic carbocycles. The van der Waals surface area contributed by atoms with Gasteiger partial charge in [0, 0.05) is 24.6 Å². The number of carbonyl (C=O) groups is 1. The number of hydrogen-bond acceptors (Lipinski definition) is 3. The predicted molar refractivity (Wildman–Crippen MR) is 80.7 cm³/mol. The van der Waals surface area contributed by atoms with E-state index in [-0.39, 0.29) is 5.78 Å². The molecular formula is C17H20N2O. The van der Waals surface area contributed by atoms with Crippen molar-refractivity contribution in [1.82, 2.24) is 9.97 Å². The van der Waals surface area contributed by atoms with Gasteiger partial charge in [-0.2, -0.15) is 0 Å². The zero-order valence-electron chi connectivity index (χ0n) is 12.5. The van der Waals surface area contributed by atoms with Crippen LogP contribution in [0.4, 0.5) is 0 Å². The lowest BCUT2D eigenvalue weighted by atomic mass is 9.97. The zero-order chi connectivity index (χ0) is 14.7. The molecule has 0 fully saturated rings. The number of rotatable bonds is 4. The van der Waals surface area contributed by atoms with Crippen LogP contribution in [0.3, 0.4) is 0 Å². The zero-order valence-corrected chi connectivity index (χ0v) is 12.5. The third-order valence-electron chi connectivity index (χ3n) is 3.74. The number of carbonyl (C=O) groups excluding carboxylic acids is 1. The molecule has 0 spiro atoms. The standard InChI is InChI=1S/C17H20N2O/c1-11-5-7-15(14(4)13(11)3)16-9-10-18-17(19-16)8-6-12(2)20/h5,7,9-10H,6,8H2,1-4H3. The fraction of sp³-hybridized carbons (Fsp3) is 0.353. The average Bonchev–Trinajstić information content (AvgIpc) is 2.43. The van der Waals surface area contributed by atoms with Gasteiger partial charge in [0.1, 0.15) is 11.6 Å². The Labute approximate surface area is 120 Å². The predicted octanol–water partition coefficient (Wildman–Crippen LogP) is 3.59. The van der Waals surface area contributed by atoms with Crippen molar-refractivity contribution in [3.63, 3.8) is 0 Å². The second-order valence-corrected chi connectivity index (χ2v) is 5.24. The lowest BCUT2D eigenvalue weighted by molar-refractivity contribution is -0.117. The van der Waals surface area contributed by atoms with E-state index in [4.69, 9.17) is 0 Å². The number of ketones is 1. The number of aromatic nitrogens is 2. The maximum atomic E-state index is 11.1. The van der Waals surface area contributed by atoms with Crippen LogP contribution in [0, 0.1) is 20.8 Å². The first-order valence-corrected chi connectivity index (χ1v) is 6.87. The smallest absolute Gasteiger partial charge is 0.130 e. The van der Waals surface area contributed by atoms with E-state index >= 15 is 0 Å². The fourth-order valence-corrected chi connectivity index (χ4v) is 2.19. The van der Waals surface area contributed by atoms with E-state index in [1.54, 1.807) is 13.1 Å². The minimum atomic E-state index is 0.168. The van der Waals surface area contributed by atoms with Crippen molar-refractivity contribution in [2.45, 2.75) is 40.5 Å². The van der Waals surface area contributed by atoms with Crippen LogP contribution in [0.1, 0.15) is 35.9 Å². The van der Waals surface area contributed by atoms with Gasteiger partial charge in [0.05, 0.1) is 5.69 Å². The van der Waals surface area contributed by atoms with Gasteiger partial charge >= 0.3 is 0 Å². The fourth-order valence-electron chi connectivity index (χ4n) is 2.19. The van der Waals surface area contributed by atoms with Crippen molar-refractivity contribution in [3.05, 3.63) is 46.9 Å². The number of nitrogens with zero attached hydrogens (tertiary/aromatic N) is 2. The summed E-state index contributed by atoms with van der Waals surface area (Å²) < 4.78 is 0. The monoisotopic (exact) mass is 268 g/mol. The van der Waals surface area contributed by atoms with Gasteiger partial charge in [-0.05, 0) is 50.5 Å². The first kappa shape index (κ1) is 14.4. The molecule has 0 saturated carbocycles. The van der Waals surface area contributed by atoms with Crippen molar-refractivity contribution in [2.75, 3.05) is 0 Å². The Morgan fingerprint density at radius 2 is 1.85 bits per heavy atom. The van der Waals surface area contributed by atoms with Crippen LogP contribution in [0.5, 0.6) is 0 Å². The van der Waals surface area contributed by atoms with E-state index in [2.05, 4.69) is 42.9 Å². The second-order valence-electron chi connectivity index (χ2n) is 5.24. The first-order chi connectivity index (χ1) is 9.49. The van der Waals surface area contributed by atoms with E-state index in [1.807, 2.05) is 6.07 Å². The van der Waals surface area contributed by atoms with Crippen molar-refractivity contribution in [2.24, 2.45) is 0 Å². The minimum Gasteiger partial charge on any atom is -0.300 e. The molecule has 0 amide bonds. The molecule has 0 aliphatic heterocycles. The summed E-state index contributed by atoms with van der Waals surface area (Å²) in [5, 5.41) is 0. The Morgan fingerprint density at radius 1 is 1.10 bits per heavy atom. The SMILES string of the molecule is CC(=O)CCc1nccc(-c2ccc(C)c(C)c2C)n1. The molecular weight excluding hydrogens is 248 g/mol. The first-order valence-electron chi connectivity index (χ1n) is 6.87. The summed E-state index contributed by atoms with van der Waals surface area (Å²) >= 11 is 0. The van der Waals surface area contributed by atoms with Crippen LogP contribution < -0.4 is 0 Å². The van der Waals surface area contributed by atoms with Crippen LogP contribution in [0.2, 0.25) is 0 Å². The van der Waals surface area contributed by atoms with Gasteiger partial charge in [0.15, 0.2) is 0 Å².